The number of morpholine rings is 1. The Morgan fingerprint density at radius 2 is 1.97 bits per heavy atom. The molecule has 2 fully saturated rings. The molecule has 1 aromatic rings. The molecule has 1 saturated heterocycles. The molecule has 30 heavy (non-hydrogen) atoms. The number of sulfonamides is 1. The van der Waals surface area contributed by atoms with Gasteiger partial charge in [-0.15, -0.1) is 0 Å². The summed E-state index contributed by atoms with van der Waals surface area (Å²) in [5.41, 5.74) is 0.319. The summed E-state index contributed by atoms with van der Waals surface area (Å²) in [6.07, 6.45) is 1.99. The second-order valence-corrected chi connectivity index (χ2v) is 9.90. The van der Waals surface area contributed by atoms with Crippen LogP contribution in [0.15, 0.2) is 23.1 Å². The molecule has 3 rings (SSSR count). The van der Waals surface area contributed by atoms with E-state index >= 15 is 0 Å². The third-order valence-corrected chi connectivity index (χ3v) is 7.54. The van der Waals surface area contributed by atoms with Gasteiger partial charge >= 0.3 is 0 Å². The number of carbonyl (C=O) groups is 2. The zero-order chi connectivity index (χ0) is 21.9. The van der Waals surface area contributed by atoms with E-state index < -0.39 is 16.1 Å². The molecule has 1 aliphatic heterocycles. The van der Waals surface area contributed by atoms with Crippen LogP contribution in [0.4, 0.5) is 5.69 Å². The van der Waals surface area contributed by atoms with Crippen LogP contribution in [0.25, 0.3) is 0 Å². The van der Waals surface area contributed by atoms with Crippen molar-refractivity contribution in [3.05, 3.63) is 23.2 Å². The largest absolute Gasteiger partial charge is 0.379 e. The number of halogens is 1. The Morgan fingerprint density at radius 3 is 2.60 bits per heavy atom. The average molecular weight is 459 g/mol. The third kappa shape index (κ3) is 5.70. The SMILES string of the molecule is CC(C(=O)NC1CC1)N(C)CC(=O)Nc1ccc(Cl)c(S(=O)(=O)N2CCOCC2)c1. The van der Waals surface area contributed by atoms with Gasteiger partial charge in [0.25, 0.3) is 0 Å². The number of ether oxygens (including phenoxy) is 1. The number of hydrogen-bond donors (Lipinski definition) is 2. The highest BCUT2D eigenvalue weighted by Gasteiger charge is 2.29. The van der Waals surface area contributed by atoms with Crippen molar-refractivity contribution in [3.63, 3.8) is 0 Å². The van der Waals surface area contributed by atoms with E-state index in [2.05, 4.69) is 10.6 Å². The van der Waals surface area contributed by atoms with Gasteiger partial charge in [-0.25, -0.2) is 8.42 Å². The molecular formula is C19H27ClN4O5S. The maximum atomic E-state index is 12.9. The van der Waals surface area contributed by atoms with Gasteiger partial charge in [0.1, 0.15) is 4.90 Å². The molecule has 9 nitrogen and oxygen atoms in total. The maximum absolute atomic E-state index is 12.9. The van der Waals surface area contributed by atoms with Gasteiger partial charge in [0.05, 0.1) is 30.8 Å². The fraction of sp³-hybridized carbons (Fsp3) is 0.579. The Balaban J connectivity index is 1.64. The molecule has 2 amide bonds. The molecule has 0 spiro atoms. The highest BCUT2D eigenvalue weighted by Crippen LogP contribution is 2.28. The third-order valence-electron chi connectivity index (χ3n) is 5.16. The lowest BCUT2D eigenvalue weighted by Gasteiger charge is -2.26. The fourth-order valence-corrected chi connectivity index (χ4v) is 4.93. The number of likely N-dealkylation sites (N-methyl/N-ethyl adjacent to an activating group) is 1. The summed E-state index contributed by atoms with van der Waals surface area (Å²) in [7, 11) is -2.11. The van der Waals surface area contributed by atoms with Crippen LogP contribution in [-0.2, 0) is 24.3 Å². The number of rotatable bonds is 8. The zero-order valence-corrected chi connectivity index (χ0v) is 18.6. The van der Waals surface area contributed by atoms with Crippen molar-refractivity contribution in [1.29, 1.82) is 0 Å². The van der Waals surface area contributed by atoms with Gasteiger partial charge in [-0.3, -0.25) is 14.5 Å². The van der Waals surface area contributed by atoms with E-state index in [1.807, 2.05) is 0 Å². The molecule has 0 aromatic heterocycles. The van der Waals surface area contributed by atoms with Gasteiger partial charge in [0.15, 0.2) is 0 Å². The van der Waals surface area contributed by atoms with Crippen LogP contribution >= 0.6 is 11.6 Å². The number of benzene rings is 1. The summed E-state index contributed by atoms with van der Waals surface area (Å²) in [4.78, 5) is 26.1. The molecule has 1 atom stereocenters. The van der Waals surface area contributed by atoms with Crippen LogP contribution in [0.2, 0.25) is 5.02 Å². The van der Waals surface area contributed by atoms with E-state index in [4.69, 9.17) is 16.3 Å². The van der Waals surface area contributed by atoms with Crippen LogP contribution in [-0.4, -0.2) is 81.4 Å². The van der Waals surface area contributed by atoms with E-state index in [1.54, 1.807) is 24.9 Å². The van der Waals surface area contributed by atoms with Crippen molar-refractivity contribution in [2.24, 2.45) is 0 Å². The molecule has 1 aliphatic carbocycles. The highest BCUT2D eigenvalue weighted by atomic mass is 35.5. The predicted molar refractivity (Wildman–Crippen MR) is 113 cm³/mol. The fourth-order valence-electron chi connectivity index (χ4n) is 3.02. The minimum Gasteiger partial charge on any atom is -0.379 e. The molecule has 1 saturated carbocycles. The molecule has 1 aromatic carbocycles. The molecule has 11 heteroatoms. The van der Waals surface area contributed by atoms with Crippen molar-refractivity contribution in [2.45, 2.75) is 36.7 Å². The normalized spacial score (nSPS) is 18.8. The number of nitrogens with zero attached hydrogens (tertiary/aromatic N) is 2. The zero-order valence-electron chi connectivity index (χ0n) is 17.1. The van der Waals surface area contributed by atoms with Gasteiger partial charge in [0.2, 0.25) is 21.8 Å². The average Bonchev–Trinajstić information content (AvgIpc) is 3.53. The molecular weight excluding hydrogens is 432 g/mol. The van der Waals surface area contributed by atoms with Crippen LogP contribution in [0.3, 0.4) is 0 Å². The van der Waals surface area contributed by atoms with Crippen molar-refractivity contribution >= 4 is 39.1 Å². The Labute approximate surface area is 181 Å². The van der Waals surface area contributed by atoms with Crippen molar-refractivity contribution in [1.82, 2.24) is 14.5 Å². The molecule has 2 aliphatic rings. The van der Waals surface area contributed by atoms with E-state index in [-0.39, 0.29) is 47.4 Å². The smallest absolute Gasteiger partial charge is 0.244 e. The Kier molecular flexibility index (Phi) is 7.35. The molecule has 0 bridgehead atoms. The monoisotopic (exact) mass is 458 g/mol. The maximum Gasteiger partial charge on any atom is 0.244 e. The van der Waals surface area contributed by atoms with Crippen LogP contribution in [0, 0.1) is 0 Å². The van der Waals surface area contributed by atoms with E-state index in [9.17, 15) is 18.0 Å². The first-order chi connectivity index (χ1) is 14.2. The van der Waals surface area contributed by atoms with Crippen LogP contribution < -0.4 is 10.6 Å². The van der Waals surface area contributed by atoms with Gasteiger partial charge in [-0.2, -0.15) is 4.31 Å². The summed E-state index contributed by atoms with van der Waals surface area (Å²) in [6, 6.07) is 4.14. The van der Waals surface area contributed by atoms with Crippen LogP contribution in [0.1, 0.15) is 19.8 Å². The molecule has 1 heterocycles. The number of amides is 2. The summed E-state index contributed by atoms with van der Waals surface area (Å²) in [6.45, 7) is 2.87. The minimum absolute atomic E-state index is 0.0204. The summed E-state index contributed by atoms with van der Waals surface area (Å²) in [5, 5.41) is 5.68. The summed E-state index contributed by atoms with van der Waals surface area (Å²) >= 11 is 6.14. The van der Waals surface area contributed by atoms with Crippen molar-refractivity contribution in [3.8, 4) is 0 Å². The molecule has 2 N–H and O–H groups in total. The minimum atomic E-state index is -3.80. The first kappa shape index (κ1) is 23.0. The topological polar surface area (TPSA) is 108 Å². The predicted octanol–water partition coefficient (Wildman–Crippen LogP) is 0.898. The highest BCUT2D eigenvalue weighted by molar-refractivity contribution is 7.89. The molecule has 1 unspecified atom stereocenters. The standard InChI is InChI=1S/C19H27ClN4O5S/c1-13(19(26)22-14-3-4-14)23(2)12-18(25)21-15-5-6-16(20)17(11-15)30(27,28)24-7-9-29-10-8-24/h5-6,11,13-14H,3-4,7-10,12H2,1-2H3,(H,21,25)(H,22,26). The Morgan fingerprint density at radius 1 is 1.30 bits per heavy atom. The molecule has 0 radical (unpaired) electrons. The van der Waals surface area contributed by atoms with Gasteiger partial charge in [-0.1, -0.05) is 11.6 Å². The Bertz CT molecular complexity index is 900. The van der Waals surface area contributed by atoms with Gasteiger partial charge in [-0.05, 0) is 45.0 Å². The first-order valence-electron chi connectivity index (χ1n) is 9.86. The van der Waals surface area contributed by atoms with Gasteiger partial charge in [0, 0.05) is 24.8 Å². The van der Waals surface area contributed by atoms with Crippen molar-refractivity contribution < 1.29 is 22.7 Å². The second-order valence-electron chi connectivity index (χ2n) is 7.58. The lowest BCUT2D eigenvalue weighted by Crippen LogP contribution is -2.46. The van der Waals surface area contributed by atoms with E-state index in [1.165, 1.54) is 16.4 Å². The number of carbonyl (C=O) groups excluding carboxylic acids is 2. The summed E-state index contributed by atoms with van der Waals surface area (Å²) in [5.74, 6) is -0.473. The van der Waals surface area contributed by atoms with Crippen LogP contribution in [0.5, 0.6) is 0 Å². The summed E-state index contributed by atoms with van der Waals surface area (Å²) < 4.78 is 32.3. The second kappa shape index (κ2) is 9.61. The molecule has 166 valence electrons. The number of hydrogen-bond acceptors (Lipinski definition) is 6. The lowest BCUT2D eigenvalue weighted by molar-refractivity contribution is -0.126. The Hall–Kier alpha value is -1.72. The van der Waals surface area contributed by atoms with Crippen molar-refractivity contribution in [2.75, 3.05) is 45.2 Å². The van der Waals surface area contributed by atoms with E-state index in [0.29, 0.717) is 18.9 Å². The van der Waals surface area contributed by atoms with E-state index in [0.717, 1.165) is 12.8 Å². The number of nitrogens with one attached hydrogen (secondary N) is 2. The first-order valence-corrected chi connectivity index (χ1v) is 11.7. The van der Waals surface area contributed by atoms with Gasteiger partial charge < -0.3 is 15.4 Å². The lowest BCUT2D eigenvalue weighted by atomic mass is 10.2. The number of anilines is 1. The quantitative estimate of drug-likeness (QED) is 0.599.